The van der Waals surface area contributed by atoms with Crippen LogP contribution >= 0.6 is 0 Å². The van der Waals surface area contributed by atoms with Gasteiger partial charge in [-0.15, -0.1) is 0 Å². The van der Waals surface area contributed by atoms with Gasteiger partial charge in [-0.1, -0.05) is 78.0 Å². The minimum absolute atomic E-state index is 0.265. The van der Waals surface area contributed by atoms with Crippen molar-refractivity contribution in [1.82, 2.24) is 0 Å². The van der Waals surface area contributed by atoms with Crippen molar-refractivity contribution in [2.75, 3.05) is 0 Å². The summed E-state index contributed by atoms with van der Waals surface area (Å²) in [5, 5.41) is 0. The number of fused-ring (bicyclic) bond motifs is 3. The van der Waals surface area contributed by atoms with Crippen LogP contribution in [0.5, 0.6) is 0 Å². The van der Waals surface area contributed by atoms with Gasteiger partial charge in [0.2, 0.25) is 0 Å². The lowest BCUT2D eigenvalue weighted by Crippen LogP contribution is -2.22. The van der Waals surface area contributed by atoms with Gasteiger partial charge in [0.25, 0.3) is 0 Å². The quantitative estimate of drug-likeness (QED) is 0.516. The lowest BCUT2D eigenvalue weighted by atomic mass is 9.73. The highest BCUT2D eigenvalue weighted by atomic mass is 14.5. The molecule has 1 saturated carbocycles. The van der Waals surface area contributed by atoms with E-state index in [1.165, 1.54) is 17.6 Å². The van der Waals surface area contributed by atoms with Gasteiger partial charge in [0.1, 0.15) is 0 Å². The average molecular weight is 282 g/mol. The number of hydrogen-bond donors (Lipinski definition) is 0. The van der Waals surface area contributed by atoms with Gasteiger partial charge in [0, 0.05) is 0 Å². The Morgan fingerprint density at radius 1 is 0.714 bits per heavy atom. The third-order valence-electron chi connectivity index (χ3n) is 5.50. The Kier molecular flexibility index (Phi) is 3.35. The molecule has 0 aromatic heterocycles. The highest BCUT2D eigenvalue weighted by Crippen LogP contribution is 2.51. The van der Waals surface area contributed by atoms with Crippen LogP contribution < -0.4 is 0 Å². The molecule has 0 heterocycles. The minimum atomic E-state index is 0.265. The van der Waals surface area contributed by atoms with E-state index in [9.17, 15) is 0 Å². The van der Waals surface area contributed by atoms with Crippen molar-refractivity contribution in [3.05, 3.63) is 47.6 Å². The second-order valence-electron chi connectivity index (χ2n) is 9.18. The van der Waals surface area contributed by atoms with Gasteiger partial charge in [-0.05, 0) is 52.1 Å². The monoisotopic (exact) mass is 282 g/mol. The third kappa shape index (κ3) is 2.70. The molecule has 0 saturated heterocycles. The SMILES string of the molecule is CC(C)(C)C1=CC2C(C=C1)CC1C=CC(C(C)(C)C)=CC12. The molecule has 0 aromatic carbocycles. The van der Waals surface area contributed by atoms with Gasteiger partial charge in [0.05, 0.1) is 0 Å². The summed E-state index contributed by atoms with van der Waals surface area (Å²) in [6.45, 7) is 14.0. The standard InChI is InChI=1S/C21H30/c1-20(2,3)16-9-7-14-11-15-8-10-17(21(4,5)6)13-19(15)18(14)12-16/h7-10,12-15,18-19H,11H2,1-6H3. The van der Waals surface area contributed by atoms with Crippen LogP contribution in [0.3, 0.4) is 0 Å². The van der Waals surface area contributed by atoms with Gasteiger partial charge >= 0.3 is 0 Å². The molecule has 3 aliphatic rings. The fourth-order valence-corrected chi connectivity index (χ4v) is 4.06. The predicted octanol–water partition coefficient (Wildman–Crippen LogP) is 5.94. The van der Waals surface area contributed by atoms with Crippen LogP contribution in [0.2, 0.25) is 0 Å². The summed E-state index contributed by atoms with van der Waals surface area (Å²) in [6, 6.07) is 0. The fourth-order valence-electron chi connectivity index (χ4n) is 4.06. The van der Waals surface area contributed by atoms with E-state index in [0.717, 1.165) is 11.8 Å². The summed E-state index contributed by atoms with van der Waals surface area (Å²) in [4.78, 5) is 0. The van der Waals surface area contributed by atoms with Gasteiger partial charge in [-0.3, -0.25) is 0 Å². The van der Waals surface area contributed by atoms with Crippen LogP contribution in [0.4, 0.5) is 0 Å². The lowest BCUT2D eigenvalue weighted by Gasteiger charge is -2.32. The highest BCUT2D eigenvalue weighted by molar-refractivity contribution is 5.38. The summed E-state index contributed by atoms with van der Waals surface area (Å²) in [7, 11) is 0. The van der Waals surface area contributed by atoms with Crippen LogP contribution in [-0.2, 0) is 0 Å². The van der Waals surface area contributed by atoms with Crippen molar-refractivity contribution < 1.29 is 0 Å². The topological polar surface area (TPSA) is 0 Å². The van der Waals surface area contributed by atoms with Crippen LogP contribution in [0.25, 0.3) is 0 Å². The van der Waals surface area contributed by atoms with E-state index >= 15 is 0 Å². The zero-order valence-electron chi connectivity index (χ0n) is 14.5. The van der Waals surface area contributed by atoms with Gasteiger partial charge < -0.3 is 0 Å². The van der Waals surface area contributed by atoms with E-state index in [2.05, 4.69) is 78.0 Å². The zero-order chi connectivity index (χ0) is 15.4. The second kappa shape index (κ2) is 4.73. The maximum Gasteiger partial charge on any atom is -0.00953 e. The lowest BCUT2D eigenvalue weighted by molar-refractivity contribution is 0.422. The molecule has 4 atom stereocenters. The summed E-state index contributed by atoms with van der Waals surface area (Å²) >= 11 is 0. The minimum Gasteiger partial charge on any atom is -0.0805 e. The van der Waals surface area contributed by atoms with E-state index in [1.54, 1.807) is 0 Å². The molecule has 0 nitrogen and oxygen atoms in total. The van der Waals surface area contributed by atoms with E-state index < -0.39 is 0 Å². The smallest absolute Gasteiger partial charge is 0.00953 e. The first-order valence-corrected chi connectivity index (χ1v) is 8.47. The predicted molar refractivity (Wildman–Crippen MR) is 91.9 cm³/mol. The molecule has 0 aliphatic heterocycles. The summed E-state index contributed by atoms with van der Waals surface area (Å²) in [5.74, 6) is 2.89. The van der Waals surface area contributed by atoms with Crippen molar-refractivity contribution >= 4 is 0 Å². The molecule has 3 rings (SSSR count). The molecule has 0 aromatic rings. The van der Waals surface area contributed by atoms with Gasteiger partial charge in [0.15, 0.2) is 0 Å². The van der Waals surface area contributed by atoms with Crippen molar-refractivity contribution in [3.63, 3.8) is 0 Å². The van der Waals surface area contributed by atoms with E-state index in [-0.39, 0.29) is 10.8 Å². The van der Waals surface area contributed by atoms with E-state index in [0.29, 0.717) is 11.8 Å². The van der Waals surface area contributed by atoms with Crippen LogP contribution in [-0.4, -0.2) is 0 Å². The maximum atomic E-state index is 2.59. The average Bonchev–Trinajstić information content (AvgIpc) is 2.73. The third-order valence-corrected chi connectivity index (χ3v) is 5.50. The fraction of sp³-hybridized carbons (Fsp3) is 0.619. The summed E-state index contributed by atoms with van der Waals surface area (Å²) in [6.07, 6.45) is 16.2. The molecular weight excluding hydrogens is 252 g/mol. The largest absolute Gasteiger partial charge is 0.0805 e. The molecule has 4 unspecified atom stereocenters. The van der Waals surface area contributed by atoms with Crippen LogP contribution in [0, 0.1) is 34.5 Å². The van der Waals surface area contributed by atoms with Gasteiger partial charge in [-0.25, -0.2) is 0 Å². The zero-order valence-corrected chi connectivity index (χ0v) is 14.5. The first-order valence-electron chi connectivity index (χ1n) is 8.47. The molecule has 0 heteroatoms. The summed E-state index contributed by atoms with van der Waals surface area (Å²) < 4.78 is 0. The maximum absolute atomic E-state index is 2.59. The van der Waals surface area contributed by atoms with Crippen LogP contribution in [0.15, 0.2) is 47.6 Å². The normalized spacial score (nSPS) is 35.1. The molecule has 0 amide bonds. The van der Waals surface area contributed by atoms with Crippen molar-refractivity contribution in [1.29, 1.82) is 0 Å². The Morgan fingerprint density at radius 2 is 1.10 bits per heavy atom. The molecule has 0 bridgehead atoms. The van der Waals surface area contributed by atoms with Gasteiger partial charge in [-0.2, -0.15) is 0 Å². The van der Waals surface area contributed by atoms with Crippen molar-refractivity contribution in [2.24, 2.45) is 34.5 Å². The van der Waals surface area contributed by atoms with E-state index in [1.807, 2.05) is 0 Å². The molecule has 0 N–H and O–H groups in total. The number of rotatable bonds is 0. The first kappa shape index (κ1) is 14.9. The van der Waals surface area contributed by atoms with Crippen molar-refractivity contribution in [2.45, 2.75) is 48.0 Å². The molecule has 1 fully saturated rings. The Morgan fingerprint density at radius 3 is 1.43 bits per heavy atom. The van der Waals surface area contributed by atoms with Crippen LogP contribution in [0.1, 0.15) is 48.0 Å². The molecule has 114 valence electrons. The molecular formula is C21H30. The first-order chi connectivity index (χ1) is 9.66. The molecule has 0 spiro atoms. The number of allylic oxidation sites excluding steroid dienone is 8. The Balaban J connectivity index is 1.93. The second-order valence-corrected chi connectivity index (χ2v) is 9.18. The molecule has 21 heavy (non-hydrogen) atoms. The Hall–Kier alpha value is -1.04. The molecule has 3 aliphatic carbocycles. The van der Waals surface area contributed by atoms with E-state index in [4.69, 9.17) is 0 Å². The number of hydrogen-bond acceptors (Lipinski definition) is 0. The highest BCUT2D eigenvalue weighted by Gasteiger charge is 2.42. The molecule has 0 radical (unpaired) electrons. The van der Waals surface area contributed by atoms with Crippen molar-refractivity contribution in [3.8, 4) is 0 Å². The summed E-state index contributed by atoms with van der Waals surface area (Å²) in [5.41, 5.74) is 3.57. The Bertz CT molecular complexity index is 490. The Labute approximate surface area is 130 Å².